The minimum absolute atomic E-state index is 0.000306. The molecule has 1 aromatic heterocycles. The van der Waals surface area contributed by atoms with Gasteiger partial charge in [0.1, 0.15) is 5.76 Å². The van der Waals surface area contributed by atoms with Crippen molar-refractivity contribution in [3.05, 3.63) is 17.9 Å². The minimum atomic E-state index is -3.54. The predicted molar refractivity (Wildman–Crippen MR) is 79.2 cm³/mol. The Morgan fingerprint density at radius 3 is 2.62 bits per heavy atom. The van der Waals surface area contributed by atoms with Crippen LogP contribution in [-0.2, 0) is 21.4 Å². The van der Waals surface area contributed by atoms with Gasteiger partial charge in [0, 0.05) is 33.6 Å². The molecule has 0 radical (unpaired) electrons. The molecule has 0 saturated heterocycles. The van der Waals surface area contributed by atoms with Crippen LogP contribution >= 0.6 is 0 Å². The van der Waals surface area contributed by atoms with Crippen LogP contribution in [0.2, 0.25) is 0 Å². The molecule has 0 spiro atoms. The molecule has 21 heavy (non-hydrogen) atoms. The summed E-state index contributed by atoms with van der Waals surface area (Å²) < 4.78 is 30.0. The Hall–Kier alpha value is -1.38. The second-order valence-electron chi connectivity index (χ2n) is 4.78. The van der Waals surface area contributed by atoms with E-state index >= 15 is 0 Å². The predicted octanol–water partition coefficient (Wildman–Crippen LogP) is 0.536. The smallest absolute Gasteiger partial charge is 0.275 e. The van der Waals surface area contributed by atoms with Gasteiger partial charge in [-0.3, -0.25) is 4.79 Å². The number of sulfonamides is 1. The van der Waals surface area contributed by atoms with Gasteiger partial charge in [0.05, 0.1) is 6.54 Å². The van der Waals surface area contributed by atoms with E-state index in [1.165, 1.54) is 20.2 Å². The molecule has 0 fully saturated rings. The summed E-state index contributed by atoms with van der Waals surface area (Å²) in [4.78, 5) is 11.4. The summed E-state index contributed by atoms with van der Waals surface area (Å²) in [7, 11) is -0.637. The number of carbonyl (C=O) groups is 1. The highest BCUT2D eigenvalue weighted by molar-refractivity contribution is 7.88. The summed E-state index contributed by atoms with van der Waals surface area (Å²) in [5.74, 6) is 0.518. The van der Waals surface area contributed by atoms with Gasteiger partial charge < -0.3 is 15.1 Å². The molecule has 0 bridgehead atoms. The van der Waals surface area contributed by atoms with Gasteiger partial charge in [-0.2, -0.15) is 0 Å². The van der Waals surface area contributed by atoms with E-state index in [1.54, 1.807) is 6.07 Å². The van der Waals surface area contributed by atoms with Crippen molar-refractivity contribution in [1.82, 2.24) is 14.9 Å². The average molecular weight is 317 g/mol. The van der Waals surface area contributed by atoms with Gasteiger partial charge in [0.15, 0.2) is 0 Å². The van der Waals surface area contributed by atoms with E-state index in [0.29, 0.717) is 31.8 Å². The Labute approximate surface area is 125 Å². The first-order valence-corrected chi connectivity index (χ1v) is 8.30. The molecule has 1 amide bonds. The molecule has 2 N–H and O–H groups in total. The van der Waals surface area contributed by atoms with Crippen LogP contribution in [0.4, 0.5) is 0 Å². The van der Waals surface area contributed by atoms with E-state index in [4.69, 9.17) is 4.42 Å². The van der Waals surface area contributed by atoms with Gasteiger partial charge in [-0.1, -0.05) is 6.92 Å². The fraction of sp³-hybridized carbons (Fsp3) is 0.615. The van der Waals surface area contributed by atoms with Gasteiger partial charge >= 0.3 is 0 Å². The summed E-state index contributed by atoms with van der Waals surface area (Å²) in [6.45, 7) is 3.56. The van der Waals surface area contributed by atoms with Crippen LogP contribution in [0.25, 0.3) is 0 Å². The first kappa shape index (κ1) is 17.7. The first-order valence-electron chi connectivity index (χ1n) is 6.86. The Morgan fingerprint density at radius 2 is 2.00 bits per heavy atom. The van der Waals surface area contributed by atoms with Crippen LogP contribution in [0.1, 0.15) is 25.5 Å². The maximum atomic E-state index is 11.8. The monoisotopic (exact) mass is 317 g/mol. The zero-order valence-corrected chi connectivity index (χ0v) is 13.5. The highest BCUT2D eigenvalue weighted by Gasteiger charge is 2.21. The molecule has 0 aliphatic carbocycles. The van der Waals surface area contributed by atoms with Gasteiger partial charge in [-0.25, -0.2) is 12.7 Å². The second-order valence-corrected chi connectivity index (χ2v) is 6.87. The number of furan rings is 1. The van der Waals surface area contributed by atoms with Crippen LogP contribution in [0.15, 0.2) is 21.6 Å². The molecule has 0 atom stereocenters. The van der Waals surface area contributed by atoms with E-state index in [2.05, 4.69) is 10.6 Å². The molecular formula is C13H23N3O4S. The lowest BCUT2D eigenvalue weighted by molar-refractivity contribution is -0.121. The van der Waals surface area contributed by atoms with E-state index in [-0.39, 0.29) is 11.0 Å². The van der Waals surface area contributed by atoms with Crippen LogP contribution in [0, 0.1) is 0 Å². The summed E-state index contributed by atoms with van der Waals surface area (Å²) in [5, 5.41) is 5.74. The second kappa shape index (κ2) is 8.16. The Morgan fingerprint density at radius 1 is 1.29 bits per heavy atom. The van der Waals surface area contributed by atoms with Crippen molar-refractivity contribution < 1.29 is 17.6 Å². The zero-order valence-electron chi connectivity index (χ0n) is 12.7. The molecule has 0 aliphatic heterocycles. The van der Waals surface area contributed by atoms with Crippen LogP contribution in [-0.4, -0.2) is 45.8 Å². The normalized spacial score (nSPS) is 11.8. The Kier molecular flexibility index (Phi) is 6.86. The third-order valence-corrected chi connectivity index (χ3v) is 4.46. The lowest BCUT2D eigenvalue weighted by atomic mass is 10.3. The topological polar surface area (TPSA) is 91.7 Å². The molecule has 1 aromatic rings. The van der Waals surface area contributed by atoms with Crippen LogP contribution in [0.3, 0.4) is 0 Å². The van der Waals surface area contributed by atoms with Gasteiger partial charge in [0.25, 0.3) is 10.0 Å². The highest BCUT2D eigenvalue weighted by Crippen LogP contribution is 2.16. The van der Waals surface area contributed by atoms with Crippen molar-refractivity contribution in [3.63, 3.8) is 0 Å². The summed E-state index contributed by atoms with van der Waals surface area (Å²) >= 11 is 0. The van der Waals surface area contributed by atoms with Crippen LogP contribution < -0.4 is 10.6 Å². The maximum absolute atomic E-state index is 11.8. The molecule has 1 rings (SSSR count). The Bertz CT molecular complexity index is 552. The van der Waals surface area contributed by atoms with Crippen molar-refractivity contribution in [2.45, 2.75) is 31.4 Å². The number of amides is 1. The molecule has 0 aliphatic rings. The van der Waals surface area contributed by atoms with Gasteiger partial charge in [-0.15, -0.1) is 0 Å². The lowest BCUT2D eigenvalue weighted by Crippen LogP contribution is -2.27. The fourth-order valence-corrected chi connectivity index (χ4v) is 2.35. The third kappa shape index (κ3) is 5.49. The number of hydrogen-bond donors (Lipinski definition) is 2. The maximum Gasteiger partial charge on any atom is 0.275 e. The molecule has 0 saturated carbocycles. The van der Waals surface area contributed by atoms with Crippen molar-refractivity contribution in [3.8, 4) is 0 Å². The highest BCUT2D eigenvalue weighted by atomic mass is 32.2. The van der Waals surface area contributed by atoms with Crippen LogP contribution in [0.5, 0.6) is 0 Å². The van der Waals surface area contributed by atoms with Crippen molar-refractivity contribution in [1.29, 1.82) is 0 Å². The molecule has 8 heteroatoms. The molecule has 1 heterocycles. The number of nitrogens with zero attached hydrogens (tertiary/aromatic N) is 1. The molecule has 0 aromatic carbocycles. The first-order chi connectivity index (χ1) is 9.87. The number of rotatable bonds is 9. The molecular weight excluding hydrogens is 294 g/mol. The number of nitrogens with one attached hydrogen (secondary N) is 2. The van der Waals surface area contributed by atoms with E-state index in [0.717, 1.165) is 10.7 Å². The molecule has 120 valence electrons. The SMILES string of the molecule is CCCNC(=O)CCNCc1ccc(S(=O)(=O)N(C)C)o1. The van der Waals surface area contributed by atoms with Crippen molar-refractivity contribution in [2.24, 2.45) is 0 Å². The lowest BCUT2D eigenvalue weighted by Gasteiger charge is -2.08. The largest absolute Gasteiger partial charge is 0.447 e. The van der Waals surface area contributed by atoms with Crippen molar-refractivity contribution >= 4 is 15.9 Å². The molecule has 7 nitrogen and oxygen atoms in total. The third-order valence-electron chi connectivity index (χ3n) is 2.77. The molecule has 0 unspecified atom stereocenters. The van der Waals surface area contributed by atoms with E-state index < -0.39 is 10.0 Å². The van der Waals surface area contributed by atoms with Gasteiger partial charge in [0.2, 0.25) is 11.0 Å². The zero-order chi connectivity index (χ0) is 15.9. The Balaban J connectivity index is 2.38. The summed E-state index contributed by atoms with van der Waals surface area (Å²) in [6, 6.07) is 3.04. The average Bonchev–Trinajstić information content (AvgIpc) is 2.90. The standard InChI is InChI=1S/C13H23N3O4S/c1-4-8-15-12(17)7-9-14-10-11-5-6-13(20-11)21(18,19)16(2)3/h5-6,14H,4,7-10H2,1-3H3,(H,15,17). The minimum Gasteiger partial charge on any atom is -0.447 e. The number of hydrogen-bond acceptors (Lipinski definition) is 5. The van der Waals surface area contributed by atoms with Gasteiger partial charge in [-0.05, 0) is 18.6 Å². The van der Waals surface area contributed by atoms with Crippen molar-refractivity contribution in [2.75, 3.05) is 27.2 Å². The fourth-order valence-electron chi connectivity index (χ4n) is 1.54. The quantitative estimate of drug-likeness (QED) is 0.649. The van der Waals surface area contributed by atoms with E-state index in [9.17, 15) is 13.2 Å². The number of carbonyl (C=O) groups excluding carboxylic acids is 1. The summed E-state index contributed by atoms with van der Waals surface area (Å²) in [5.41, 5.74) is 0. The summed E-state index contributed by atoms with van der Waals surface area (Å²) in [6.07, 6.45) is 1.29. The van der Waals surface area contributed by atoms with E-state index in [1.807, 2.05) is 6.92 Å².